The second-order valence-electron chi connectivity index (χ2n) is 7.20. The number of aliphatic carboxylic acids is 1. The molecule has 2 fully saturated rings. The highest BCUT2D eigenvalue weighted by atomic mass is 19.4. The maximum Gasteiger partial charge on any atom is 0.490 e. The molecule has 162 valence electrons. The number of carboxylic acids is 1. The molecule has 0 unspecified atom stereocenters. The minimum atomic E-state index is -5.08. The second-order valence-corrected chi connectivity index (χ2v) is 7.20. The van der Waals surface area contributed by atoms with Crippen molar-refractivity contribution >= 4 is 11.9 Å². The first-order valence-electron chi connectivity index (χ1n) is 9.56. The van der Waals surface area contributed by atoms with Gasteiger partial charge >= 0.3 is 12.1 Å². The molecule has 1 aromatic rings. The molecule has 1 N–H and O–H groups in total. The average molecular weight is 416 g/mol. The molecular formula is C20H27F3N2O4. The molecule has 2 aliphatic heterocycles. The lowest BCUT2D eigenvalue weighted by atomic mass is 9.88. The van der Waals surface area contributed by atoms with E-state index in [0.29, 0.717) is 24.5 Å². The molecule has 2 heterocycles. The van der Waals surface area contributed by atoms with Crippen LogP contribution in [0.25, 0.3) is 0 Å². The largest absolute Gasteiger partial charge is 0.490 e. The van der Waals surface area contributed by atoms with Crippen LogP contribution >= 0.6 is 0 Å². The fourth-order valence-corrected chi connectivity index (χ4v) is 3.97. The number of likely N-dealkylation sites (tertiary alicyclic amines) is 2. The van der Waals surface area contributed by atoms with Gasteiger partial charge in [0.15, 0.2) is 0 Å². The summed E-state index contributed by atoms with van der Waals surface area (Å²) in [5.41, 5.74) is 1.10. The Morgan fingerprint density at radius 2 is 1.83 bits per heavy atom. The van der Waals surface area contributed by atoms with Gasteiger partial charge < -0.3 is 19.6 Å². The number of ether oxygens (including phenoxy) is 1. The summed E-state index contributed by atoms with van der Waals surface area (Å²) in [6.45, 7) is 6.10. The first kappa shape index (κ1) is 23.2. The zero-order chi connectivity index (χ0) is 21.6. The normalized spacial score (nSPS) is 24.4. The summed E-state index contributed by atoms with van der Waals surface area (Å²) in [5.74, 6) is -2.04. The maximum absolute atomic E-state index is 12.8. The van der Waals surface area contributed by atoms with E-state index in [2.05, 4.69) is 16.7 Å². The van der Waals surface area contributed by atoms with Gasteiger partial charge in [-0.25, -0.2) is 4.79 Å². The van der Waals surface area contributed by atoms with Crippen molar-refractivity contribution in [3.63, 3.8) is 0 Å². The van der Waals surface area contributed by atoms with E-state index in [1.54, 1.807) is 7.11 Å². The number of carbonyl (C=O) groups excluding carboxylic acids is 1. The Bertz CT molecular complexity index is 684. The van der Waals surface area contributed by atoms with Crippen LogP contribution in [0.5, 0.6) is 0 Å². The Kier molecular flexibility index (Phi) is 8.04. The molecule has 3 rings (SSSR count). The Labute approximate surface area is 168 Å². The van der Waals surface area contributed by atoms with Gasteiger partial charge in [0.05, 0.1) is 18.6 Å². The van der Waals surface area contributed by atoms with E-state index in [1.165, 1.54) is 0 Å². The molecule has 1 aromatic carbocycles. The number of rotatable bonds is 4. The van der Waals surface area contributed by atoms with Crippen molar-refractivity contribution in [1.29, 1.82) is 0 Å². The van der Waals surface area contributed by atoms with Gasteiger partial charge in [0.25, 0.3) is 0 Å². The number of carboxylic acid groups (broad SMARTS) is 1. The van der Waals surface area contributed by atoms with Gasteiger partial charge in [-0.15, -0.1) is 0 Å². The van der Waals surface area contributed by atoms with E-state index in [0.717, 1.165) is 38.2 Å². The average Bonchev–Trinajstić information content (AvgIpc) is 3.12. The number of hydrogen-bond acceptors (Lipinski definition) is 4. The fourth-order valence-electron chi connectivity index (χ4n) is 3.97. The minimum absolute atomic E-state index is 0.258. The van der Waals surface area contributed by atoms with Crippen molar-refractivity contribution in [1.82, 2.24) is 9.80 Å². The molecule has 0 bridgehead atoms. The van der Waals surface area contributed by atoms with Crippen LogP contribution in [-0.4, -0.2) is 78.4 Å². The van der Waals surface area contributed by atoms with E-state index in [4.69, 9.17) is 14.6 Å². The summed E-state index contributed by atoms with van der Waals surface area (Å²) in [5, 5.41) is 7.12. The van der Waals surface area contributed by atoms with Gasteiger partial charge in [-0.05, 0) is 18.5 Å². The van der Waals surface area contributed by atoms with Crippen molar-refractivity contribution in [2.45, 2.75) is 38.1 Å². The molecule has 0 saturated carbocycles. The topological polar surface area (TPSA) is 70.1 Å². The van der Waals surface area contributed by atoms with Gasteiger partial charge in [-0.1, -0.05) is 37.3 Å². The predicted octanol–water partition coefficient (Wildman–Crippen LogP) is 2.43. The molecule has 0 aromatic heterocycles. The number of alkyl halides is 3. The molecule has 3 atom stereocenters. The molecular weight excluding hydrogens is 389 g/mol. The van der Waals surface area contributed by atoms with Gasteiger partial charge in [0.1, 0.15) is 0 Å². The third-order valence-electron chi connectivity index (χ3n) is 5.45. The number of likely N-dealkylation sites (N-methyl/N-ethyl adjacent to an activating group) is 1. The lowest BCUT2D eigenvalue weighted by Crippen LogP contribution is -2.54. The minimum Gasteiger partial charge on any atom is -0.475 e. The Hall–Kier alpha value is -2.13. The van der Waals surface area contributed by atoms with Crippen LogP contribution in [0, 0.1) is 5.92 Å². The Morgan fingerprint density at radius 1 is 1.21 bits per heavy atom. The van der Waals surface area contributed by atoms with E-state index in [9.17, 15) is 18.0 Å². The van der Waals surface area contributed by atoms with Crippen LogP contribution in [-0.2, 0) is 20.7 Å². The van der Waals surface area contributed by atoms with Crippen molar-refractivity contribution in [2.24, 2.45) is 5.92 Å². The molecule has 0 aliphatic carbocycles. The van der Waals surface area contributed by atoms with Crippen LogP contribution < -0.4 is 0 Å². The number of fused-ring (bicyclic) bond motifs is 1. The first-order chi connectivity index (χ1) is 13.7. The summed E-state index contributed by atoms with van der Waals surface area (Å²) in [6, 6.07) is 10.4. The standard InChI is InChI=1S/C18H26N2O2.C2HF3O2/c1-3-19-12-15-16(13-19)20(10-9-17(15)22-2)18(21)11-14-7-5-4-6-8-14;3-2(4,5)1(6)7/h4-8,15-17H,3,9-13H2,1-2H3;(H,6,7)/t15-,16+,17+;/m0./s1. The van der Waals surface area contributed by atoms with Gasteiger partial charge in [-0.3, -0.25) is 4.79 Å². The van der Waals surface area contributed by atoms with Crippen molar-refractivity contribution in [2.75, 3.05) is 33.3 Å². The van der Waals surface area contributed by atoms with Crippen molar-refractivity contribution < 1.29 is 32.6 Å². The number of carbonyl (C=O) groups is 2. The van der Waals surface area contributed by atoms with Gasteiger partial charge in [0.2, 0.25) is 5.91 Å². The van der Waals surface area contributed by atoms with Crippen LogP contribution in [0.4, 0.5) is 13.2 Å². The molecule has 6 nitrogen and oxygen atoms in total. The number of halogens is 3. The number of piperidine rings is 1. The molecule has 9 heteroatoms. The Balaban J connectivity index is 0.000000370. The van der Waals surface area contributed by atoms with Crippen molar-refractivity contribution in [3.05, 3.63) is 35.9 Å². The number of methoxy groups -OCH3 is 1. The summed E-state index contributed by atoms with van der Waals surface area (Å²) < 4.78 is 37.4. The summed E-state index contributed by atoms with van der Waals surface area (Å²) in [7, 11) is 1.80. The quantitative estimate of drug-likeness (QED) is 0.817. The molecule has 2 aliphatic rings. The molecule has 29 heavy (non-hydrogen) atoms. The summed E-state index contributed by atoms with van der Waals surface area (Å²) in [6.07, 6.45) is -3.33. The molecule has 0 radical (unpaired) electrons. The Morgan fingerprint density at radius 3 is 2.34 bits per heavy atom. The summed E-state index contributed by atoms with van der Waals surface area (Å²) in [4.78, 5) is 26.2. The lowest BCUT2D eigenvalue weighted by molar-refractivity contribution is -0.192. The second kappa shape index (κ2) is 10.1. The van der Waals surface area contributed by atoms with Gasteiger partial charge in [-0.2, -0.15) is 13.2 Å². The highest BCUT2D eigenvalue weighted by Crippen LogP contribution is 2.32. The molecule has 0 spiro atoms. The number of hydrogen-bond donors (Lipinski definition) is 1. The monoisotopic (exact) mass is 416 g/mol. The SMILES string of the molecule is CCN1C[C@H]2[C@@H](C1)N(C(=O)Cc1ccccc1)CC[C@H]2OC.O=C(O)C(F)(F)F. The molecule has 2 saturated heterocycles. The highest BCUT2D eigenvalue weighted by Gasteiger charge is 2.45. The van der Waals surface area contributed by atoms with E-state index in [-0.39, 0.29) is 5.91 Å². The van der Waals surface area contributed by atoms with E-state index in [1.807, 2.05) is 30.3 Å². The van der Waals surface area contributed by atoms with Crippen LogP contribution in [0.1, 0.15) is 18.9 Å². The zero-order valence-electron chi connectivity index (χ0n) is 16.6. The van der Waals surface area contributed by atoms with E-state index < -0.39 is 12.1 Å². The number of nitrogens with zero attached hydrogens (tertiary/aromatic N) is 2. The molecule has 1 amide bonds. The van der Waals surface area contributed by atoms with Crippen LogP contribution in [0.3, 0.4) is 0 Å². The highest BCUT2D eigenvalue weighted by molar-refractivity contribution is 5.79. The van der Waals surface area contributed by atoms with Crippen LogP contribution in [0.2, 0.25) is 0 Å². The number of benzene rings is 1. The third kappa shape index (κ3) is 6.17. The van der Waals surface area contributed by atoms with Gasteiger partial charge in [0, 0.05) is 32.7 Å². The fraction of sp³-hybridized carbons (Fsp3) is 0.600. The van der Waals surface area contributed by atoms with E-state index >= 15 is 0 Å². The van der Waals surface area contributed by atoms with Crippen molar-refractivity contribution in [3.8, 4) is 0 Å². The maximum atomic E-state index is 12.8. The third-order valence-corrected chi connectivity index (χ3v) is 5.45. The lowest BCUT2D eigenvalue weighted by Gasteiger charge is -2.41. The first-order valence-corrected chi connectivity index (χ1v) is 9.56. The smallest absolute Gasteiger partial charge is 0.475 e. The zero-order valence-corrected chi connectivity index (χ0v) is 16.6. The van der Waals surface area contributed by atoms with Crippen LogP contribution in [0.15, 0.2) is 30.3 Å². The summed E-state index contributed by atoms with van der Waals surface area (Å²) >= 11 is 0. The predicted molar refractivity (Wildman–Crippen MR) is 100 cm³/mol. The number of amides is 1.